The number of esters is 1. The van der Waals surface area contributed by atoms with Crippen LogP contribution in [0.5, 0.6) is 0 Å². The van der Waals surface area contributed by atoms with Gasteiger partial charge in [0.1, 0.15) is 17.8 Å². The van der Waals surface area contributed by atoms with Crippen LogP contribution in [0.3, 0.4) is 0 Å². The van der Waals surface area contributed by atoms with Crippen molar-refractivity contribution >= 4 is 16.4 Å². The first-order valence-corrected chi connectivity index (χ1v) is 6.84. The number of carbonyl (C=O) groups is 1. The molecule has 1 saturated carbocycles. The van der Waals surface area contributed by atoms with Crippen molar-refractivity contribution in [3.05, 3.63) is 0 Å². The van der Waals surface area contributed by atoms with Gasteiger partial charge in [-0.1, -0.05) is 0 Å². The molecule has 98 valence electrons. The van der Waals surface area contributed by atoms with Crippen molar-refractivity contribution in [2.24, 2.45) is 5.92 Å². The Kier molecular flexibility index (Phi) is 2.95. The quantitative estimate of drug-likeness (QED) is 0.651. The van der Waals surface area contributed by atoms with Crippen LogP contribution in [0.4, 0.5) is 0 Å². The van der Waals surface area contributed by atoms with Gasteiger partial charge in [-0.3, -0.25) is 4.79 Å². The molecule has 6 nitrogen and oxygen atoms in total. The Morgan fingerprint density at radius 3 is 2.06 bits per heavy atom. The van der Waals surface area contributed by atoms with E-state index in [1.54, 1.807) is 20.8 Å². The average molecular weight is 264 g/mol. The lowest BCUT2D eigenvalue weighted by atomic mass is 10.1. The summed E-state index contributed by atoms with van der Waals surface area (Å²) in [6.45, 7) is 5.37. The van der Waals surface area contributed by atoms with Crippen molar-refractivity contribution in [2.45, 2.75) is 51.4 Å². The number of ether oxygens (including phenoxy) is 1. The number of fused-ring (bicyclic) bond motifs is 1. The van der Waals surface area contributed by atoms with Gasteiger partial charge in [-0.15, -0.1) is 0 Å². The predicted molar refractivity (Wildman–Crippen MR) is 57.2 cm³/mol. The molecule has 17 heavy (non-hydrogen) atoms. The third-order valence-corrected chi connectivity index (χ3v) is 3.64. The largest absolute Gasteiger partial charge is 0.460 e. The third-order valence-electron chi connectivity index (χ3n) is 2.67. The number of hydrogen-bond donors (Lipinski definition) is 0. The van der Waals surface area contributed by atoms with Crippen molar-refractivity contribution in [3.63, 3.8) is 0 Å². The first-order valence-electron chi connectivity index (χ1n) is 5.51. The van der Waals surface area contributed by atoms with E-state index in [9.17, 15) is 13.2 Å². The Hall–Kier alpha value is -0.660. The van der Waals surface area contributed by atoms with Gasteiger partial charge in [0.2, 0.25) is 0 Å². The molecule has 1 aliphatic carbocycles. The van der Waals surface area contributed by atoms with Gasteiger partial charge in [-0.25, -0.2) is 8.37 Å². The van der Waals surface area contributed by atoms with Crippen molar-refractivity contribution < 1.29 is 26.3 Å². The van der Waals surface area contributed by atoms with Crippen molar-refractivity contribution in [1.82, 2.24) is 0 Å². The normalized spacial score (nSPS) is 35.6. The number of rotatable bonds is 1. The Labute approximate surface area is 101 Å². The molecule has 2 rings (SSSR count). The summed E-state index contributed by atoms with van der Waals surface area (Å²) in [5.41, 5.74) is -0.539. The Bertz CT molecular complexity index is 401. The zero-order chi connectivity index (χ0) is 12.8. The summed E-state index contributed by atoms with van der Waals surface area (Å²) in [5, 5.41) is 0. The maximum absolute atomic E-state index is 11.8. The highest BCUT2D eigenvalue weighted by atomic mass is 32.3. The zero-order valence-corrected chi connectivity index (χ0v) is 10.8. The fourth-order valence-electron chi connectivity index (χ4n) is 2.07. The van der Waals surface area contributed by atoms with Gasteiger partial charge in [-0.05, 0) is 33.6 Å². The second-order valence-electron chi connectivity index (χ2n) is 5.38. The Balaban J connectivity index is 1.95. The highest BCUT2D eigenvalue weighted by molar-refractivity contribution is 7.82. The van der Waals surface area contributed by atoms with E-state index in [4.69, 9.17) is 13.1 Å². The molecule has 1 aliphatic heterocycles. The van der Waals surface area contributed by atoms with Crippen LogP contribution in [0.15, 0.2) is 0 Å². The summed E-state index contributed by atoms with van der Waals surface area (Å²) in [4.78, 5) is 11.8. The second-order valence-corrected chi connectivity index (χ2v) is 6.58. The molecule has 7 heteroatoms. The van der Waals surface area contributed by atoms with Crippen LogP contribution in [0.1, 0.15) is 33.6 Å². The SMILES string of the molecule is CC(C)(C)OC(=O)C1CC2OS(=O)(=O)OC2C1. The summed E-state index contributed by atoms with van der Waals surface area (Å²) in [7, 11) is -3.84. The highest BCUT2D eigenvalue weighted by Crippen LogP contribution is 2.38. The van der Waals surface area contributed by atoms with Gasteiger partial charge in [0, 0.05) is 0 Å². The van der Waals surface area contributed by atoms with E-state index < -0.39 is 28.2 Å². The molecule has 2 aliphatic rings. The third kappa shape index (κ3) is 2.97. The predicted octanol–water partition coefficient (Wildman–Crippen LogP) is 0.767. The monoisotopic (exact) mass is 264 g/mol. The fourth-order valence-corrected chi connectivity index (χ4v) is 3.12. The number of hydrogen-bond acceptors (Lipinski definition) is 6. The van der Waals surface area contributed by atoms with Gasteiger partial charge in [-0.2, -0.15) is 8.42 Å². The van der Waals surface area contributed by atoms with Crippen LogP contribution in [0.25, 0.3) is 0 Å². The molecule has 0 radical (unpaired) electrons. The second kappa shape index (κ2) is 3.93. The molecule has 2 fully saturated rings. The smallest absolute Gasteiger partial charge is 0.400 e. The van der Waals surface area contributed by atoms with Crippen LogP contribution in [0, 0.1) is 5.92 Å². The molecule has 1 heterocycles. The van der Waals surface area contributed by atoms with Crippen molar-refractivity contribution in [2.75, 3.05) is 0 Å². The molecule has 0 aromatic heterocycles. The molecule has 2 atom stereocenters. The van der Waals surface area contributed by atoms with E-state index in [1.807, 2.05) is 0 Å². The number of carbonyl (C=O) groups excluding carboxylic acids is 1. The van der Waals surface area contributed by atoms with Gasteiger partial charge in [0.05, 0.1) is 5.92 Å². The molecule has 0 N–H and O–H groups in total. The average Bonchev–Trinajstić information content (AvgIpc) is 2.53. The first-order chi connectivity index (χ1) is 7.66. The Morgan fingerprint density at radius 1 is 1.18 bits per heavy atom. The van der Waals surface area contributed by atoms with Crippen molar-refractivity contribution in [3.8, 4) is 0 Å². The van der Waals surface area contributed by atoms with Gasteiger partial charge >= 0.3 is 16.4 Å². The molecule has 0 bridgehead atoms. The van der Waals surface area contributed by atoms with Crippen LogP contribution in [-0.4, -0.2) is 32.2 Å². The lowest BCUT2D eigenvalue weighted by molar-refractivity contribution is -0.160. The van der Waals surface area contributed by atoms with Crippen LogP contribution < -0.4 is 0 Å². The molecule has 0 aromatic rings. The summed E-state index contributed by atoms with van der Waals surface area (Å²) >= 11 is 0. The molecule has 0 amide bonds. The Morgan fingerprint density at radius 2 is 1.65 bits per heavy atom. The highest BCUT2D eigenvalue weighted by Gasteiger charge is 2.49. The van der Waals surface area contributed by atoms with Crippen LogP contribution in [-0.2, 0) is 28.3 Å². The first kappa shape index (κ1) is 12.8. The summed E-state index contributed by atoms with van der Waals surface area (Å²) in [6.07, 6.45) is -0.424. The molecular weight excluding hydrogens is 248 g/mol. The minimum Gasteiger partial charge on any atom is -0.460 e. The lowest BCUT2D eigenvalue weighted by Crippen LogP contribution is -2.28. The lowest BCUT2D eigenvalue weighted by Gasteiger charge is -2.22. The molecular formula is C10H16O6S. The maximum Gasteiger partial charge on any atom is 0.400 e. The van der Waals surface area contributed by atoms with Crippen LogP contribution in [0.2, 0.25) is 0 Å². The van der Waals surface area contributed by atoms with E-state index in [0.29, 0.717) is 12.8 Å². The topological polar surface area (TPSA) is 78.9 Å². The van der Waals surface area contributed by atoms with E-state index in [-0.39, 0.29) is 11.9 Å². The maximum atomic E-state index is 11.8. The summed E-state index contributed by atoms with van der Waals surface area (Å²) in [6, 6.07) is 0. The van der Waals surface area contributed by atoms with Gasteiger partial charge in [0.15, 0.2) is 0 Å². The van der Waals surface area contributed by atoms with E-state index in [1.165, 1.54) is 0 Å². The summed E-state index contributed by atoms with van der Waals surface area (Å²) < 4.78 is 36.7. The van der Waals surface area contributed by atoms with Crippen LogP contribution >= 0.6 is 0 Å². The van der Waals surface area contributed by atoms with Gasteiger partial charge < -0.3 is 4.74 Å². The van der Waals surface area contributed by atoms with E-state index in [2.05, 4.69) is 0 Å². The molecule has 0 aromatic carbocycles. The van der Waals surface area contributed by atoms with Crippen molar-refractivity contribution in [1.29, 1.82) is 0 Å². The van der Waals surface area contributed by atoms with E-state index >= 15 is 0 Å². The molecule has 0 spiro atoms. The standard InChI is InChI=1S/C10H16O6S/c1-10(2,3)14-9(11)6-4-7-8(5-6)16-17(12,13)15-7/h6-8H,4-5H2,1-3H3. The minimum atomic E-state index is -3.84. The molecule has 2 unspecified atom stereocenters. The summed E-state index contributed by atoms with van der Waals surface area (Å²) in [5.74, 6) is -0.670. The van der Waals surface area contributed by atoms with Gasteiger partial charge in [0.25, 0.3) is 0 Å². The molecule has 1 saturated heterocycles. The minimum absolute atomic E-state index is 0.323. The van der Waals surface area contributed by atoms with E-state index in [0.717, 1.165) is 0 Å². The zero-order valence-electron chi connectivity index (χ0n) is 10.0. The fraction of sp³-hybridized carbons (Fsp3) is 0.900.